The first kappa shape index (κ1) is 13.6. The molecule has 0 saturated heterocycles. The fourth-order valence-electron chi connectivity index (χ4n) is 0.626. The van der Waals surface area contributed by atoms with Crippen molar-refractivity contribution in [2.75, 3.05) is 0 Å². The van der Waals surface area contributed by atoms with Gasteiger partial charge >= 0.3 is 18.1 Å². The molecule has 1 aromatic heterocycles. The van der Waals surface area contributed by atoms with Gasteiger partial charge in [-0.05, 0) is 0 Å². The number of halogens is 5. The standard InChI is InChI=1S/C6H2Cl2F3N3O3/c7-1-2(8)13-3(12-1)4(15)17-14-5(16)6(9,10)11/h(H,12,13)(H,14,16). The molecule has 0 unspecified atom stereocenters. The minimum atomic E-state index is -5.17. The zero-order chi connectivity index (χ0) is 13.2. The number of carbonyl (C=O) groups is 2. The number of aromatic nitrogens is 2. The molecule has 0 fully saturated rings. The SMILES string of the molecule is O=C(ONC(=O)C(F)(F)F)c1nc(Cl)c(Cl)[nH]1. The third-order valence-corrected chi connectivity index (χ3v) is 1.95. The van der Waals surface area contributed by atoms with Crippen molar-refractivity contribution in [3.05, 3.63) is 16.1 Å². The van der Waals surface area contributed by atoms with E-state index in [1.807, 2.05) is 0 Å². The van der Waals surface area contributed by atoms with Crippen LogP contribution in [0.2, 0.25) is 10.3 Å². The Balaban J connectivity index is 2.60. The van der Waals surface area contributed by atoms with Crippen LogP contribution in [0.4, 0.5) is 13.2 Å². The summed E-state index contributed by atoms with van der Waals surface area (Å²) < 4.78 is 35.1. The number of hydrogen-bond donors (Lipinski definition) is 2. The van der Waals surface area contributed by atoms with Gasteiger partial charge < -0.3 is 9.82 Å². The second kappa shape index (κ2) is 4.80. The van der Waals surface area contributed by atoms with Crippen LogP contribution in [-0.2, 0) is 9.63 Å². The average molecular weight is 292 g/mol. The topological polar surface area (TPSA) is 84.1 Å². The third-order valence-electron chi connectivity index (χ3n) is 1.31. The van der Waals surface area contributed by atoms with Gasteiger partial charge in [0, 0.05) is 0 Å². The van der Waals surface area contributed by atoms with Crippen molar-refractivity contribution in [2.24, 2.45) is 0 Å². The van der Waals surface area contributed by atoms with Crippen LogP contribution in [0, 0.1) is 0 Å². The van der Waals surface area contributed by atoms with Gasteiger partial charge in [-0.3, -0.25) is 4.79 Å². The van der Waals surface area contributed by atoms with E-state index < -0.39 is 23.9 Å². The van der Waals surface area contributed by atoms with Crippen LogP contribution < -0.4 is 5.48 Å². The van der Waals surface area contributed by atoms with Gasteiger partial charge in [0.25, 0.3) is 0 Å². The Kier molecular flexibility index (Phi) is 3.83. The van der Waals surface area contributed by atoms with E-state index in [1.165, 1.54) is 0 Å². The lowest BCUT2D eigenvalue weighted by atomic mass is 10.6. The van der Waals surface area contributed by atoms with E-state index in [9.17, 15) is 22.8 Å². The highest BCUT2D eigenvalue weighted by atomic mass is 35.5. The fourth-order valence-corrected chi connectivity index (χ4v) is 0.890. The summed E-state index contributed by atoms with van der Waals surface area (Å²) in [5, 5.41) is -0.457. The number of rotatable bonds is 1. The van der Waals surface area contributed by atoms with E-state index in [-0.39, 0.29) is 10.3 Å². The molecule has 0 radical (unpaired) electrons. The van der Waals surface area contributed by atoms with E-state index in [2.05, 4.69) is 14.8 Å². The largest absolute Gasteiger partial charge is 0.474 e. The highest BCUT2D eigenvalue weighted by molar-refractivity contribution is 6.40. The average Bonchev–Trinajstić information content (AvgIpc) is 2.54. The van der Waals surface area contributed by atoms with Crippen molar-refractivity contribution in [3.63, 3.8) is 0 Å². The summed E-state index contributed by atoms with van der Waals surface area (Å²) in [6.07, 6.45) is -5.17. The number of nitrogens with one attached hydrogen (secondary N) is 2. The van der Waals surface area contributed by atoms with Gasteiger partial charge in [0.05, 0.1) is 0 Å². The second-order valence-electron chi connectivity index (χ2n) is 2.51. The minimum Gasteiger partial charge on any atom is -0.332 e. The maximum atomic E-state index is 11.7. The Labute approximate surface area is 101 Å². The van der Waals surface area contributed by atoms with Crippen LogP contribution in [0.3, 0.4) is 0 Å². The minimum absolute atomic E-state index is 0.194. The first-order valence-corrected chi connectivity index (χ1v) is 4.46. The number of aromatic amines is 1. The first-order valence-electron chi connectivity index (χ1n) is 3.71. The zero-order valence-electron chi connectivity index (χ0n) is 7.56. The first-order chi connectivity index (χ1) is 7.71. The normalized spacial score (nSPS) is 11.1. The molecule has 0 aliphatic heterocycles. The third kappa shape index (κ3) is 3.49. The Hall–Kier alpha value is -1.48. The number of alkyl halides is 3. The maximum Gasteiger partial charge on any atom is 0.474 e. The van der Waals surface area contributed by atoms with E-state index in [4.69, 9.17) is 23.2 Å². The maximum absolute atomic E-state index is 11.7. The van der Waals surface area contributed by atoms with E-state index in [1.54, 1.807) is 0 Å². The number of H-pyrrole nitrogens is 1. The number of hydrogen-bond acceptors (Lipinski definition) is 4. The van der Waals surface area contributed by atoms with E-state index >= 15 is 0 Å². The summed E-state index contributed by atoms with van der Waals surface area (Å²) >= 11 is 10.7. The summed E-state index contributed by atoms with van der Waals surface area (Å²) in [4.78, 5) is 30.6. The molecule has 0 bridgehead atoms. The number of amides is 1. The summed E-state index contributed by atoms with van der Waals surface area (Å²) in [5.74, 6) is -4.37. The lowest BCUT2D eigenvalue weighted by molar-refractivity contribution is -0.182. The molecule has 0 atom stereocenters. The molecular formula is C6H2Cl2F3N3O3. The van der Waals surface area contributed by atoms with Crippen LogP contribution >= 0.6 is 23.2 Å². The number of carbonyl (C=O) groups excluding carboxylic acids is 2. The molecule has 6 nitrogen and oxygen atoms in total. The van der Waals surface area contributed by atoms with Crippen molar-refractivity contribution in [2.45, 2.75) is 6.18 Å². The van der Waals surface area contributed by atoms with Crippen molar-refractivity contribution >= 4 is 35.1 Å². The zero-order valence-corrected chi connectivity index (χ0v) is 9.07. The molecule has 11 heteroatoms. The van der Waals surface area contributed by atoms with Crippen molar-refractivity contribution < 1.29 is 27.6 Å². The molecule has 17 heavy (non-hydrogen) atoms. The van der Waals surface area contributed by atoms with Crippen molar-refractivity contribution in [1.82, 2.24) is 15.4 Å². The molecule has 1 aromatic rings. The monoisotopic (exact) mass is 291 g/mol. The van der Waals surface area contributed by atoms with Gasteiger partial charge in [-0.2, -0.15) is 18.7 Å². The molecule has 0 saturated carbocycles. The van der Waals surface area contributed by atoms with Crippen molar-refractivity contribution in [3.8, 4) is 0 Å². The molecule has 1 amide bonds. The number of imidazole rings is 1. The predicted octanol–water partition coefficient (Wildman–Crippen LogP) is 1.47. The molecule has 1 heterocycles. The molecular weight excluding hydrogens is 290 g/mol. The molecule has 0 aliphatic rings. The summed E-state index contributed by atoms with van der Waals surface area (Å²) in [7, 11) is 0. The Bertz CT molecular complexity index is 440. The second-order valence-corrected chi connectivity index (χ2v) is 3.24. The lowest BCUT2D eigenvalue weighted by Crippen LogP contribution is -2.38. The molecule has 2 N–H and O–H groups in total. The summed E-state index contributed by atoms with van der Waals surface area (Å²) in [6.45, 7) is 0. The Morgan fingerprint density at radius 3 is 2.35 bits per heavy atom. The van der Waals surface area contributed by atoms with Crippen LogP contribution in [-0.4, -0.2) is 28.0 Å². The predicted molar refractivity (Wildman–Crippen MR) is 48.2 cm³/mol. The van der Waals surface area contributed by atoms with Gasteiger partial charge in [0.1, 0.15) is 5.15 Å². The number of nitrogens with zero attached hydrogens (tertiary/aromatic N) is 1. The van der Waals surface area contributed by atoms with Crippen LogP contribution in [0.1, 0.15) is 10.6 Å². The summed E-state index contributed by atoms with van der Waals surface area (Å²) in [5.41, 5.74) is 0.890. The van der Waals surface area contributed by atoms with Gasteiger partial charge in [0.15, 0.2) is 5.15 Å². The summed E-state index contributed by atoms with van der Waals surface area (Å²) in [6, 6.07) is 0. The molecule has 0 aliphatic carbocycles. The fraction of sp³-hybridized carbons (Fsp3) is 0.167. The van der Waals surface area contributed by atoms with Gasteiger partial charge in [0.2, 0.25) is 5.82 Å². The van der Waals surface area contributed by atoms with Crippen LogP contribution in [0.5, 0.6) is 0 Å². The van der Waals surface area contributed by atoms with Gasteiger partial charge in [-0.25, -0.2) is 9.78 Å². The quantitative estimate of drug-likeness (QED) is 0.768. The smallest absolute Gasteiger partial charge is 0.332 e. The van der Waals surface area contributed by atoms with Crippen molar-refractivity contribution in [1.29, 1.82) is 0 Å². The van der Waals surface area contributed by atoms with E-state index in [0.29, 0.717) is 0 Å². The Morgan fingerprint density at radius 1 is 1.35 bits per heavy atom. The van der Waals surface area contributed by atoms with Gasteiger partial charge in [-0.15, -0.1) is 0 Å². The molecule has 1 rings (SSSR count). The highest BCUT2D eigenvalue weighted by Crippen LogP contribution is 2.18. The molecule has 94 valence electrons. The molecule has 0 aromatic carbocycles. The van der Waals surface area contributed by atoms with Crippen LogP contribution in [0.25, 0.3) is 0 Å². The molecule has 0 spiro atoms. The number of hydroxylamine groups is 1. The Morgan fingerprint density at radius 2 is 1.94 bits per heavy atom. The van der Waals surface area contributed by atoms with Crippen LogP contribution in [0.15, 0.2) is 0 Å². The van der Waals surface area contributed by atoms with E-state index in [0.717, 1.165) is 5.48 Å². The lowest BCUT2D eigenvalue weighted by Gasteiger charge is -2.06. The van der Waals surface area contributed by atoms with Gasteiger partial charge in [-0.1, -0.05) is 23.2 Å². The highest BCUT2D eigenvalue weighted by Gasteiger charge is 2.40.